The molecule has 0 saturated carbocycles. The van der Waals surface area contributed by atoms with Crippen LogP contribution in [0.1, 0.15) is 31.9 Å². The average Bonchev–Trinajstić information content (AvgIpc) is 2.46. The summed E-state index contributed by atoms with van der Waals surface area (Å²) in [7, 11) is 0. The number of ether oxygens (including phenoxy) is 1. The molecule has 0 amide bonds. The third kappa shape index (κ3) is 3.23. The highest BCUT2D eigenvalue weighted by molar-refractivity contribution is 5.66. The van der Waals surface area contributed by atoms with Crippen molar-refractivity contribution in [2.24, 2.45) is 0 Å². The Morgan fingerprint density at radius 1 is 1.35 bits per heavy atom. The molecule has 20 heavy (non-hydrogen) atoms. The normalized spacial score (nSPS) is 15.2. The van der Waals surface area contributed by atoms with Gasteiger partial charge in [0.25, 0.3) is 0 Å². The van der Waals surface area contributed by atoms with E-state index in [9.17, 15) is 5.26 Å². The molecule has 0 radical (unpaired) electrons. The molecule has 4 heteroatoms. The number of anilines is 1. The van der Waals surface area contributed by atoms with Gasteiger partial charge < -0.3 is 15.0 Å². The molecule has 0 aromatic heterocycles. The van der Waals surface area contributed by atoms with E-state index < -0.39 is 0 Å². The number of piperazine rings is 1. The molecule has 1 aromatic rings. The topological polar surface area (TPSA) is 48.3 Å². The third-order valence-corrected chi connectivity index (χ3v) is 3.49. The third-order valence-electron chi connectivity index (χ3n) is 3.49. The van der Waals surface area contributed by atoms with Crippen molar-refractivity contribution in [3.8, 4) is 11.8 Å². The van der Waals surface area contributed by atoms with Gasteiger partial charge in [0.05, 0.1) is 17.4 Å². The van der Waals surface area contributed by atoms with Crippen LogP contribution in [0, 0.1) is 11.3 Å². The molecule has 108 valence electrons. The summed E-state index contributed by atoms with van der Waals surface area (Å²) in [5.74, 6) is 0.865. The number of hydrogen-bond acceptors (Lipinski definition) is 4. The molecule has 1 aliphatic heterocycles. The molecule has 0 bridgehead atoms. The van der Waals surface area contributed by atoms with Gasteiger partial charge in [0, 0.05) is 32.2 Å². The molecule has 0 spiro atoms. The minimum atomic E-state index is 0.142. The predicted octanol–water partition coefficient (Wildman–Crippen LogP) is 2.32. The number of nitrogens with one attached hydrogen (secondary N) is 1. The lowest BCUT2D eigenvalue weighted by atomic mass is 10.0. The zero-order valence-corrected chi connectivity index (χ0v) is 12.6. The van der Waals surface area contributed by atoms with Gasteiger partial charge in [-0.1, -0.05) is 6.92 Å². The molecule has 0 unspecified atom stereocenters. The quantitative estimate of drug-likeness (QED) is 0.914. The van der Waals surface area contributed by atoms with Gasteiger partial charge in [-0.2, -0.15) is 5.26 Å². The Morgan fingerprint density at radius 3 is 2.60 bits per heavy atom. The van der Waals surface area contributed by atoms with Crippen LogP contribution in [0.4, 0.5) is 5.69 Å². The highest BCUT2D eigenvalue weighted by Crippen LogP contribution is 2.30. The van der Waals surface area contributed by atoms with Gasteiger partial charge in [-0.15, -0.1) is 0 Å². The molecule has 1 heterocycles. The summed E-state index contributed by atoms with van der Waals surface area (Å²) in [6, 6.07) is 6.40. The van der Waals surface area contributed by atoms with Crippen molar-refractivity contribution in [1.29, 1.82) is 5.26 Å². The van der Waals surface area contributed by atoms with Crippen LogP contribution in [-0.4, -0.2) is 32.3 Å². The Morgan fingerprint density at radius 2 is 2.05 bits per heavy atom. The van der Waals surface area contributed by atoms with Crippen molar-refractivity contribution in [1.82, 2.24) is 5.32 Å². The first-order valence-corrected chi connectivity index (χ1v) is 7.35. The van der Waals surface area contributed by atoms with Crippen LogP contribution in [-0.2, 0) is 6.42 Å². The monoisotopic (exact) mass is 273 g/mol. The van der Waals surface area contributed by atoms with E-state index in [1.807, 2.05) is 26.0 Å². The molecular formula is C16H23N3O. The van der Waals surface area contributed by atoms with Crippen molar-refractivity contribution in [3.05, 3.63) is 23.3 Å². The second kappa shape index (κ2) is 6.62. The maximum atomic E-state index is 9.50. The summed E-state index contributed by atoms with van der Waals surface area (Å²) < 4.78 is 5.84. The van der Waals surface area contributed by atoms with Crippen LogP contribution in [0.5, 0.6) is 5.75 Å². The number of rotatable bonds is 4. The van der Waals surface area contributed by atoms with Crippen LogP contribution >= 0.6 is 0 Å². The zero-order chi connectivity index (χ0) is 14.5. The van der Waals surface area contributed by atoms with Gasteiger partial charge >= 0.3 is 0 Å². The summed E-state index contributed by atoms with van der Waals surface area (Å²) in [5, 5.41) is 12.8. The van der Waals surface area contributed by atoms with Gasteiger partial charge in [-0.05, 0) is 31.9 Å². The van der Waals surface area contributed by atoms with E-state index in [1.165, 1.54) is 0 Å². The summed E-state index contributed by atoms with van der Waals surface area (Å²) in [5.41, 5.74) is 2.88. The summed E-state index contributed by atoms with van der Waals surface area (Å²) >= 11 is 0. The Labute approximate surface area is 121 Å². The number of aryl methyl sites for hydroxylation is 1. The van der Waals surface area contributed by atoms with Gasteiger partial charge in [0.2, 0.25) is 0 Å². The van der Waals surface area contributed by atoms with Gasteiger partial charge in [0.1, 0.15) is 11.8 Å². The molecule has 0 aliphatic carbocycles. The molecule has 2 rings (SSSR count). The minimum absolute atomic E-state index is 0.142. The Bertz CT molecular complexity index is 499. The van der Waals surface area contributed by atoms with Crippen molar-refractivity contribution in [3.63, 3.8) is 0 Å². The van der Waals surface area contributed by atoms with E-state index in [4.69, 9.17) is 4.74 Å². The summed E-state index contributed by atoms with van der Waals surface area (Å²) in [6.45, 7) is 9.91. The number of nitrogens with zero attached hydrogens (tertiary/aromatic N) is 2. The second-order valence-corrected chi connectivity index (χ2v) is 5.35. The van der Waals surface area contributed by atoms with E-state index in [1.54, 1.807) is 0 Å². The van der Waals surface area contributed by atoms with E-state index in [0.717, 1.165) is 55.2 Å². The number of nitriles is 1. The molecular weight excluding hydrogens is 250 g/mol. The van der Waals surface area contributed by atoms with Crippen LogP contribution in [0.3, 0.4) is 0 Å². The maximum Gasteiger partial charge on any atom is 0.122 e. The van der Waals surface area contributed by atoms with E-state index in [0.29, 0.717) is 0 Å². The summed E-state index contributed by atoms with van der Waals surface area (Å²) in [6.07, 6.45) is 0.987. The lowest BCUT2D eigenvalue weighted by Gasteiger charge is -2.31. The molecule has 1 aliphatic rings. The van der Waals surface area contributed by atoms with Crippen molar-refractivity contribution in [2.75, 3.05) is 31.1 Å². The van der Waals surface area contributed by atoms with Gasteiger partial charge in [-0.25, -0.2) is 0 Å². The first-order chi connectivity index (χ1) is 9.65. The number of benzene rings is 1. The summed E-state index contributed by atoms with van der Waals surface area (Å²) in [4.78, 5) is 2.28. The fraction of sp³-hybridized carbons (Fsp3) is 0.562. The molecule has 1 fully saturated rings. The Hall–Kier alpha value is -1.73. The molecule has 1 saturated heterocycles. The van der Waals surface area contributed by atoms with Crippen LogP contribution in [0.15, 0.2) is 12.1 Å². The van der Waals surface area contributed by atoms with Crippen LogP contribution in [0.2, 0.25) is 0 Å². The van der Waals surface area contributed by atoms with Crippen molar-refractivity contribution < 1.29 is 4.74 Å². The standard InChI is InChI=1S/C16H23N3O/c1-4-13-9-14(20-12(2)3)10-16(15(13)11-17)19-7-5-18-6-8-19/h9-10,12,18H,4-8H2,1-3H3. The van der Waals surface area contributed by atoms with Gasteiger partial charge in [0.15, 0.2) is 0 Å². The second-order valence-electron chi connectivity index (χ2n) is 5.35. The average molecular weight is 273 g/mol. The fourth-order valence-electron chi connectivity index (χ4n) is 2.56. The SMILES string of the molecule is CCc1cc(OC(C)C)cc(N2CCNCC2)c1C#N. The Kier molecular flexibility index (Phi) is 4.86. The van der Waals surface area contributed by atoms with Crippen molar-refractivity contribution in [2.45, 2.75) is 33.3 Å². The first-order valence-electron chi connectivity index (χ1n) is 7.35. The van der Waals surface area contributed by atoms with Crippen molar-refractivity contribution >= 4 is 5.69 Å². The highest BCUT2D eigenvalue weighted by atomic mass is 16.5. The molecule has 1 N–H and O–H groups in total. The predicted molar refractivity (Wildman–Crippen MR) is 81.4 cm³/mol. The van der Waals surface area contributed by atoms with Crippen LogP contribution in [0.25, 0.3) is 0 Å². The minimum Gasteiger partial charge on any atom is -0.491 e. The molecule has 1 aromatic carbocycles. The molecule has 4 nitrogen and oxygen atoms in total. The van der Waals surface area contributed by atoms with E-state index in [2.05, 4.69) is 23.2 Å². The number of hydrogen-bond donors (Lipinski definition) is 1. The largest absolute Gasteiger partial charge is 0.491 e. The lowest BCUT2D eigenvalue weighted by Crippen LogP contribution is -2.43. The maximum absolute atomic E-state index is 9.50. The zero-order valence-electron chi connectivity index (χ0n) is 12.6. The lowest BCUT2D eigenvalue weighted by molar-refractivity contribution is 0.242. The van der Waals surface area contributed by atoms with E-state index in [-0.39, 0.29) is 6.10 Å². The first kappa shape index (κ1) is 14.7. The highest BCUT2D eigenvalue weighted by Gasteiger charge is 2.18. The Balaban J connectivity index is 2.42. The smallest absolute Gasteiger partial charge is 0.122 e. The molecule has 0 atom stereocenters. The van der Waals surface area contributed by atoms with E-state index >= 15 is 0 Å². The van der Waals surface area contributed by atoms with Crippen LogP contribution < -0.4 is 15.0 Å². The van der Waals surface area contributed by atoms with Gasteiger partial charge in [-0.3, -0.25) is 0 Å². The fourth-order valence-corrected chi connectivity index (χ4v) is 2.56.